The van der Waals surface area contributed by atoms with Crippen LogP contribution >= 0.6 is 23.2 Å². The number of rotatable bonds is 6. The van der Waals surface area contributed by atoms with Crippen molar-refractivity contribution < 1.29 is 14.3 Å². The fourth-order valence-electron chi connectivity index (χ4n) is 6.24. The maximum atomic E-state index is 16.6. The summed E-state index contributed by atoms with van der Waals surface area (Å²) in [6.07, 6.45) is 4.34. The van der Waals surface area contributed by atoms with E-state index < -0.39 is 5.82 Å². The number of halogens is 3. The van der Waals surface area contributed by atoms with Crippen LogP contribution in [0.4, 0.5) is 10.2 Å². The van der Waals surface area contributed by atoms with Gasteiger partial charge in [0.25, 0.3) is 0 Å². The van der Waals surface area contributed by atoms with Gasteiger partial charge in [0, 0.05) is 59.3 Å². The van der Waals surface area contributed by atoms with Crippen LogP contribution < -0.4 is 4.90 Å². The van der Waals surface area contributed by atoms with Crippen molar-refractivity contribution in [3.63, 3.8) is 0 Å². The molecule has 2 aliphatic heterocycles. The van der Waals surface area contributed by atoms with E-state index in [0.717, 1.165) is 0 Å². The van der Waals surface area contributed by atoms with Gasteiger partial charge in [-0.15, -0.1) is 0 Å². The first-order chi connectivity index (χ1) is 20.6. The van der Waals surface area contributed by atoms with Gasteiger partial charge in [0.15, 0.2) is 11.6 Å². The summed E-state index contributed by atoms with van der Waals surface area (Å²) in [6, 6.07) is 8.10. The number of nitrogens with zero attached hydrogens (tertiary/aromatic N) is 7. The maximum absolute atomic E-state index is 16.6. The first kappa shape index (κ1) is 29.2. The standard InChI is InChI=1S/C31H30Cl2FN7O2/c1-4-25(43)40-10-8-18(11-17(40)7-9-35)41-16-36-29-30(41)22-13-24(33)26(21-12-20(42)5-6-23(21)32)27(34)28(22)37-31(29)39-14-19(15-39)38(2)3/h4-6,12-13,16-19,42H,1,7-8,10-11,14-15H2,2-3H3. The molecule has 2 unspecified atom stereocenters. The molecule has 43 heavy (non-hydrogen) atoms. The van der Waals surface area contributed by atoms with Crippen molar-refractivity contribution in [2.45, 2.75) is 37.4 Å². The lowest BCUT2D eigenvalue weighted by Gasteiger charge is -2.43. The van der Waals surface area contributed by atoms with E-state index in [-0.39, 0.29) is 56.9 Å². The molecule has 6 rings (SSSR count). The molecule has 2 aliphatic rings. The largest absolute Gasteiger partial charge is 0.508 e. The number of likely N-dealkylation sites (tertiary alicyclic amines) is 1. The van der Waals surface area contributed by atoms with Gasteiger partial charge in [0.1, 0.15) is 16.8 Å². The molecule has 0 radical (unpaired) electrons. The van der Waals surface area contributed by atoms with Gasteiger partial charge in [-0.2, -0.15) is 5.26 Å². The van der Waals surface area contributed by atoms with Gasteiger partial charge in [-0.3, -0.25) is 4.79 Å². The van der Waals surface area contributed by atoms with Crippen LogP contribution in [-0.2, 0) is 4.79 Å². The molecular formula is C31H30Cl2FN7O2. The average Bonchev–Trinajstić information content (AvgIpc) is 3.40. The number of hydrogen-bond donors (Lipinski definition) is 1. The van der Waals surface area contributed by atoms with E-state index >= 15 is 4.39 Å². The van der Waals surface area contributed by atoms with Crippen molar-refractivity contribution >= 4 is 56.9 Å². The minimum Gasteiger partial charge on any atom is -0.508 e. The van der Waals surface area contributed by atoms with E-state index in [2.05, 4.69) is 22.4 Å². The van der Waals surface area contributed by atoms with Crippen molar-refractivity contribution in [1.29, 1.82) is 5.26 Å². The third-order valence-electron chi connectivity index (χ3n) is 8.65. The second-order valence-electron chi connectivity index (χ2n) is 11.3. The minimum atomic E-state index is -0.649. The number of aromatic nitrogens is 3. The molecule has 0 saturated carbocycles. The van der Waals surface area contributed by atoms with Crippen LogP contribution in [0.2, 0.25) is 10.0 Å². The Hall–Kier alpha value is -3.91. The Morgan fingerprint density at radius 3 is 2.72 bits per heavy atom. The predicted molar refractivity (Wildman–Crippen MR) is 166 cm³/mol. The van der Waals surface area contributed by atoms with E-state index in [1.807, 2.05) is 18.7 Å². The number of imidazole rings is 1. The molecule has 2 atom stereocenters. The number of nitriles is 1. The van der Waals surface area contributed by atoms with Crippen LogP contribution in [0.15, 0.2) is 43.2 Å². The van der Waals surface area contributed by atoms with Crippen LogP contribution in [-0.4, -0.2) is 81.2 Å². The summed E-state index contributed by atoms with van der Waals surface area (Å²) in [5.41, 5.74) is 1.75. The van der Waals surface area contributed by atoms with E-state index in [1.165, 1.54) is 24.3 Å². The lowest BCUT2D eigenvalue weighted by molar-refractivity contribution is -0.130. The molecule has 2 fully saturated rings. The third kappa shape index (κ3) is 4.95. The Balaban J connectivity index is 1.55. The first-order valence-corrected chi connectivity index (χ1v) is 14.8. The van der Waals surface area contributed by atoms with Gasteiger partial charge >= 0.3 is 0 Å². The molecule has 0 spiro atoms. The van der Waals surface area contributed by atoms with Gasteiger partial charge in [0.05, 0.1) is 29.4 Å². The van der Waals surface area contributed by atoms with Gasteiger partial charge in [-0.05, 0) is 57.3 Å². The minimum absolute atomic E-state index is 0.0547. The van der Waals surface area contributed by atoms with Crippen LogP contribution in [0.25, 0.3) is 33.1 Å². The zero-order chi connectivity index (χ0) is 30.6. The van der Waals surface area contributed by atoms with Crippen LogP contribution in [0.5, 0.6) is 5.75 Å². The monoisotopic (exact) mass is 621 g/mol. The summed E-state index contributed by atoms with van der Waals surface area (Å²) in [5, 5.41) is 20.5. The SMILES string of the molecule is C=CC(=O)N1CCC(n2cnc3c(N4CC(N(C)C)C4)nc4c(F)c(-c5cc(O)ccc5Cl)c(Cl)cc4c32)CC1CC#N. The molecule has 4 heterocycles. The van der Waals surface area contributed by atoms with Crippen molar-refractivity contribution in [2.75, 3.05) is 38.6 Å². The average molecular weight is 623 g/mol. The summed E-state index contributed by atoms with van der Waals surface area (Å²) in [5.74, 6) is -0.349. The lowest BCUT2D eigenvalue weighted by atomic mass is 9.94. The molecule has 0 bridgehead atoms. The number of phenols is 1. The Morgan fingerprint density at radius 2 is 2.02 bits per heavy atom. The Bertz CT molecular complexity index is 1810. The molecule has 0 aliphatic carbocycles. The van der Waals surface area contributed by atoms with E-state index in [0.29, 0.717) is 60.8 Å². The number of aromatic hydroxyl groups is 1. The van der Waals surface area contributed by atoms with Gasteiger partial charge < -0.3 is 24.4 Å². The molecular weight excluding hydrogens is 592 g/mol. The Morgan fingerprint density at radius 1 is 1.26 bits per heavy atom. The van der Waals surface area contributed by atoms with Crippen LogP contribution in [0.1, 0.15) is 25.3 Å². The second-order valence-corrected chi connectivity index (χ2v) is 12.2. The molecule has 1 N–H and O–H groups in total. The fourth-order valence-corrected chi connectivity index (χ4v) is 6.75. The molecule has 1 amide bonds. The number of benzene rings is 2. The molecule has 2 saturated heterocycles. The zero-order valence-electron chi connectivity index (χ0n) is 23.8. The number of anilines is 1. The summed E-state index contributed by atoms with van der Waals surface area (Å²) in [4.78, 5) is 28.1. The number of piperidine rings is 1. The number of likely N-dealkylation sites (N-methyl/N-ethyl adjacent to an activating group) is 1. The molecule has 222 valence electrons. The topological polar surface area (TPSA) is 102 Å². The molecule has 2 aromatic carbocycles. The summed E-state index contributed by atoms with van der Waals surface area (Å²) < 4.78 is 18.6. The quantitative estimate of drug-likeness (QED) is 0.272. The highest BCUT2D eigenvalue weighted by atomic mass is 35.5. The van der Waals surface area contributed by atoms with Gasteiger partial charge in [0.2, 0.25) is 5.91 Å². The number of fused-ring (bicyclic) bond motifs is 3. The number of carbonyl (C=O) groups excluding carboxylic acids is 1. The van der Waals surface area contributed by atoms with E-state index in [4.69, 9.17) is 33.2 Å². The summed E-state index contributed by atoms with van der Waals surface area (Å²) in [6.45, 7) is 5.48. The smallest absolute Gasteiger partial charge is 0.246 e. The van der Waals surface area contributed by atoms with Crippen LogP contribution in [0, 0.1) is 17.1 Å². The number of amides is 1. The molecule has 12 heteroatoms. The highest BCUT2D eigenvalue weighted by Gasteiger charge is 2.35. The second kappa shape index (κ2) is 11.3. The number of hydrogen-bond acceptors (Lipinski definition) is 7. The fraction of sp³-hybridized carbons (Fsp3) is 0.355. The third-order valence-corrected chi connectivity index (χ3v) is 9.28. The Kier molecular flexibility index (Phi) is 7.67. The molecule has 9 nitrogen and oxygen atoms in total. The highest BCUT2D eigenvalue weighted by molar-refractivity contribution is 6.37. The number of carbonyl (C=O) groups is 1. The van der Waals surface area contributed by atoms with E-state index in [1.54, 1.807) is 17.3 Å². The lowest BCUT2D eigenvalue weighted by Crippen LogP contribution is -2.57. The van der Waals surface area contributed by atoms with E-state index in [9.17, 15) is 15.2 Å². The normalized spacial score (nSPS) is 19.2. The number of phenolic OH excluding ortho intramolecular Hbond substituents is 1. The molecule has 4 aromatic rings. The maximum Gasteiger partial charge on any atom is 0.246 e. The predicted octanol–water partition coefficient (Wildman–Crippen LogP) is 5.78. The van der Waals surface area contributed by atoms with Crippen LogP contribution in [0.3, 0.4) is 0 Å². The van der Waals surface area contributed by atoms with Crippen molar-refractivity contribution in [3.05, 3.63) is 59.1 Å². The highest BCUT2D eigenvalue weighted by Crippen LogP contribution is 2.44. The summed E-state index contributed by atoms with van der Waals surface area (Å²) in [7, 11) is 4.04. The number of pyridine rings is 1. The van der Waals surface area contributed by atoms with Gasteiger partial charge in [-0.1, -0.05) is 29.8 Å². The summed E-state index contributed by atoms with van der Waals surface area (Å²) >= 11 is 13.2. The van der Waals surface area contributed by atoms with Gasteiger partial charge in [-0.25, -0.2) is 14.4 Å². The van der Waals surface area contributed by atoms with Crippen molar-refractivity contribution in [1.82, 2.24) is 24.3 Å². The van der Waals surface area contributed by atoms with Crippen molar-refractivity contribution in [2.24, 2.45) is 0 Å². The first-order valence-electron chi connectivity index (χ1n) is 14.0. The Labute approximate surface area is 258 Å². The zero-order valence-corrected chi connectivity index (χ0v) is 25.3. The molecule has 2 aromatic heterocycles. The van der Waals surface area contributed by atoms with Crippen molar-refractivity contribution in [3.8, 4) is 22.9 Å².